The smallest absolute Gasteiger partial charge is 0.264 e. The van der Waals surface area contributed by atoms with Crippen LogP contribution in [0.4, 0.5) is 0 Å². The number of amides is 1. The zero-order valence-electron chi connectivity index (χ0n) is 15.0. The first-order valence-electron chi connectivity index (χ1n) is 9.12. The molecule has 2 aliphatic heterocycles. The standard InChI is InChI=1S/C20H24N2O3S/c1-15-6-11-26-18(15)19(23)22-13-20(14-22)17(5-10-25-20)4-9-24-12-16-2-7-21-8-3-16/h2-3,6-8,11,17H,4-5,9-10,12-14H2,1H3/t17-/m0/s1. The lowest BCUT2D eigenvalue weighted by Gasteiger charge is -2.50. The first-order chi connectivity index (χ1) is 12.7. The van der Waals surface area contributed by atoms with Gasteiger partial charge in [-0.1, -0.05) is 0 Å². The minimum absolute atomic E-state index is 0.145. The van der Waals surface area contributed by atoms with Gasteiger partial charge in [0, 0.05) is 25.6 Å². The number of carbonyl (C=O) groups is 1. The second kappa shape index (κ2) is 7.47. The summed E-state index contributed by atoms with van der Waals surface area (Å²) in [5, 5.41) is 1.98. The maximum atomic E-state index is 12.6. The van der Waals surface area contributed by atoms with E-state index in [9.17, 15) is 4.79 Å². The van der Waals surface area contributed by atoms with Crippen LogP contribution < -0.4 is 0 Å². The molecule has 4 rings (SSSR count). The lowest BCUT2D eigenvalue weighted by molar-refractivity contribution is -0.120. The fourth-order valence-electron chi connectivity index (χ4n) is 3.92. The minimum Gasteiger partial charge on any atom is -0.377 e. The van der Waals surface area contributed by atoms with Crippen LogP contribution in [0.15, 0.2) is 36.0 Å². The first-order valence-corrected chi connectivity index (χ1v) is 10.00. The van der Waals surface area contributed by atoms with Gasteiger partial charge in [-0.2, -0.15) is 0 Å². The molecule has 0 unspecified atom stereocenters. The molecule has 0 N–H and O–H groups in total. The maximum Gasteiger partial charge on any atom is 0.264 e. The van der Waals surface area contributed by atoms with Gasteiger partial charge in [-0.25, -0.2) is 0 Å². The van der Waals surface area contributed by atoms with E-state index in [1.807, 2.05) is 35.4 Å². The number of ether oxygens (including phenoxy) is 2. The number of aromatic nitrogens is 1. The number of pyridine rings is 1. The predicted molar refractivity (Wildman–Crippen MR) is 100 cm³/mol. The summed E-state index contributed by atoms with van der Waals surface area (Å²) in [6, 6.07) is 5.95. The van der Waals surface area contributed by atoms with Gasteiger partial charge in [-0.3, -0.25) is 9.78 Å². The fourth-order valence-corrected chi connectivity index (χ4v) is 4.81. The van der Waals surface area contributed by atoms with Crippen molar-refractivity contribution >= 4 is 17.2 Å². The maximum absolute atomic E-state index is 12.6. The third-order valence-corrected chi connectivity index (χ3v) is 6.49. The quantitative estimate of drug-likeness (QED) is 0.730. The Kier molecular flexibility index (Phi) is 5.07. The molecule has 1 atom stereocenters. The van der Waals surface area contributed by atoms with Gasteiger partial charge in [0.15, 0.2) is 0 Å². The Labute approximate surface area is 157 Å². The summed E-state index contributed by atoms with van der Waals surface area (Å²) < 4.78 is 11.9. The summed E-state index contributed by atoms with van der Waals surface area (Å²) >= 11 is 1.53. The van der Waals surface area contributed by atoms with Crippen molar-refractivity contribution in [2.75, 3.05) is 26.3 Å². The number of thiophene rings is 1. The van der Waals surface area contributed by atoms with Gasteiger partial charge in [0.2, 0.25) is 0 Å². The third-order valence-electron chi connectivity index (χ3n) is 5.49. The van der Waals surface area contributed by atoms with E-state index in [1.165, 1.54) is 11.3 Å². The van der Waals surface area contributed by atoms with Crippen molar-refractivity contribution in [3.63, 3.8) is 0 Å². The molecule has 0 bridgehead atoms. The number of carbonyl (C=O) groups excluding carboxylic acids is 1. The van der Waals surface area contributed by atoms with Crippen molar-refractivity contribution < 1.29 is 14.3 Å². The molecular weight excluding hydrogens is 348 g/mol. The van der Waals surface area contributed by atoms with Gasteiger partial charge in [0.25, 0.3) is 5.91 Å². The van der Waals surface area contributed by atoms with Crippen molar-refractivity contribution in [2.45, 2.75) is 32.0 Å². The number of nitrogens with zero attached hydrogens (tertiary/aromatic N) is 2. The highest BCUT2D eigenvalue weighted by Crippen LogP contribution is 2.42. The Balaban J connectivity index is 1.26. The van der Waals surface area contributed by atoms with Gasteiger partial charge in [0.1, 0.15) is 5.60 Å². The van der Waals surface area contributed by atoms with Crippen LogP contribution in [0.3, 0.4) is 0 Å². The monoisotopic (exact) mass is 372 g/mol. The van der Waals surface area contributed by atoms with Crippen molar-refractivity contribution in [1.29, 1.82) is 0 Å². The molecule has 2 saturated heterocycles. The molecule has 6 heteroatoms. The van der Waals surface area contributed by atoms with E-state index in [1.54, 1.807) is 12.4 Å². The van der Waals surface area contributed by atoms with E-state index in [4.69, 9.17) is 9.47 Å². The van der Waals surface area contributed by atoms with Gasteiger partial charge in [-0.05, 0) is 60.4 Å². The Morgan fingerprint density at radius 3 is 2.92 bits per heavy atom. The van der Waals surface area contributed by atoms with Crippen LogP contribution in [0.25, 0.3) is 0 Å². The van der Waals surface area contributed by atoms with Crippen LogP contribution >= 0.6 is 11.3 Å². The number of hydrogen-bond donors (Lipinski definition) is 0. The zero-order valence-corrected chi connectivity index (χ0v) is 15.8. The topological polar surface area (TPSA) is 51.7 Å². The molecule has 1 spiro atoms. The molecule has 2 aliphatic rings. The molecule has 4 heterocycles. The second-order valence-corrected chi connectivity index (χ2v) is 8.11. The number of likely N-dealkylation sites (tertiary alicyclic amines) is 1. The van der Waals surface area contributed by atoms with Gasteiger partial charge >= 0.3 is 0 Å². The lowest BCUT2D eigenvalue weighted by Crippen LogP contribution is -2.66. The average Bonchev–Trinajstić information content (AvgIpc) is 3.24. The third kappa shape index (κ3) is 3.41. The van der Waals surface area contributed by atoms with Crippen LogP contribution in [0.2, 0.25) is 0 Å². The minimum atomic E-state index is -0.152. The normalized spacial score (nSPS) is 21.1. The molecule has 1 amide bonds. The van der Waals surface area contributed by atoms with Crippen molar-refractivity contribution in [3.8, 4) is 0 Å². The molecule has 26 heavy (non-hydrogen) atoms. The van der Waals surface area contributed by atoms with Gasteiger partial charge < -0.3 is 14.4 Å². The second-order valence-electron chi connectivity index (χ2n) is 7.19. The molecule has 0 saturated carbocycles. The van der Waals surface area contributed by atoms with E-state index in [0.29, 0.717) is 25.6 Å². The first kappa shape index (κ1) is 17.6. The van der Waals surface area contributed by atoms with Crippen molar-refractivity contribution in [1.82, 2.24) is 9.88 Å². The molecule has 2 fully saturated rings. The predicted octanol–water partition coefficient (Wildman–Crippen LogP) is 3.29. The fraction of sp³-hybridized carbons (Fsp3) is 0.500. The average molecular weight is 372 g/mol. The van der Waals surface area contributed by atoms with Gasteiger partial charge in [-0.15, -0.1) is 11.3 Å². The molecule has 138 valence electrons. The number of rotatable bonds is 6. The Bertz CT molecular complexity index is 755. The van der Waals surface area contributed by atoms with Crippen LogP contribution in [0.1, 0.15) is 33.6 Å². The van der Waals surface area contributed by atoms with Gasteiger partial charge in [0.05, 0.1) is 24.6 Å². The van der Waals surface area contributed by atoms with Crippen LogP contribution in [0.5, 0.6) is 0 Å². The summed E-state index contributed by atoms with van der Waals surface area (Å²) in [5.74, 6) is 0.611. The summed E-state index contributed by atoms with van der Waals surface area (Å²) in [6.45, 7) is 5.53. The summed E-state index contributed by atoms with van der Waals surface area (Å²) in [4.78, 5) is 19.4. The lowest BCUT2D eigenvalue weighted by atomic mass is 9.79. The van der Waals surface area contributed by atoms with E-state index in [0.717, 1.165) is 42.1 Å². The van der Waals surface area contributed by atoms with Crippen molar-refractivity contribution in [3.05, 3.63) is 52.0 Å². The SMILES string of the molecule is Cc1ccsc1C(=O)N1CC2(C1)OCC[C@@H]2CCOCc1ccncc1. The Morgan fingerprint density at radius 2 is 2.19 bits per heavy atom. The summed E-state index contributed by atoms with van der Waals surface area (Å²) in [5.41, 5.74) is 2.05. The number of hydrogen-bond acceptors (Lipinski definition) is 5. The van der Waals surface area contributed by atoms with Crippen LogP contribution in [0, 0.1) is 12.8 Å². The summed E-state index contributed by atoms with van der Waals surface area (Å²) in [6.07, 6.45) is 5.60. The van der Waals surface area contributed by atoms with Crippen LogP contribution in [-0.4, -0.2) is 47.7 Å². The molecular formula is C20H24N2O3S. The van der Waals surface area contributed by atoms with Crippen molar-refractivity contribution in [2.24, 2.45) is 5.92 Å². The summed E-state index contributed by atoms with van der Waals surface area (Å²) in [7, 11) is 0. The zero-order chi connectivity index (χ0) is 18.0. The molecule has 2 aromatic rings. The molecule has 0 aliphatic carbocycles. The molecule has 2 aromatic heterocycles. The van der Waals surface area contributed by atoms with E-state index in [-0.39, 0.29) is 11.5 Å². The highest BCUT2D eigenvalue weighted by atomic mass is 32.1. The Morgan fingerprint density at radius 1 is 1.38 bits per heavy atom. The van der Waals surface area contributed by atoms with E-state index >= 15 is 0 Å². The molecule has 0 radical (unpaired) electrons. The largest absolute Gasteiger partial charge is 0.377 e. The number of aryl methyl sites for hydroxylation is 1. The molecule has 0 aromatic carbocycles. The Hall–Kier alpha value is -1.76. The highest BCUT2D eigenvalue weighted by molar-refractivity contribution is 7.12. The molecule has 5 nitrogen and oxygen atoms in total. The van der Waals surface area contributed by atoms with E-state index < -0.39 is 0 Å². The van der Waals surface area contributed by atoms with Crippen LogP contribution in [-0.2, 0) is 16.1 Å². The van der Waals surface area contributed by atoms with E-state index in [2.05, 4.69) is 4.98 Å². The highest BCUT2D eigenvalue weighted by Gasteiger charge is 2.54.